The summed E-state index contributed by atoms with van der Waals surface area (Å²) >= 11 is 5.75. The number of rotatable bonds is 6. The van der Waals surface area contributed by atoms with E-state index in [1.54, 1.807) is 29.0 Å². The van der Waals surface area contributed by atoms with Crippen LogP contribution in [-0.2, 0) is 19.3 Å². The molecule has 0 fully saturated rings. The Bertz CT molecular complexity index is 1350. The van der Waals surface area contributed by atoms with Crippen LogP contribution in [0.25, 0.3) is 10.9 Å². The van der Waals surface area contributed by atoms with Crippen molar-refractivity contribution in [2.45, 2.75) is 19.3 Å². The molecule has 33 heavy (non-hydrogen) atoms. The molecule has 9 heteroatoms. The van der Waals surface area contributed by atoms with Crippen molar-refractivity contribution in [3.8, 4) is 5.75 Å². The number of carboxylic acids is 1. The number of alkyl halides is 3. The van der Waals surface area contributed by atoms with Gasteiger partial charge in [-0.3, -0.25) is 0 Å². The van der Waals surface area contributed by atoms with Crippen LogP contribution in [0.1, 0.15) is 27.0 Å². The van der Waals surface area contributed by atoms with Crippen molar-refractivity contribution >= 4 is 28.5 Å². The number of ether oxygens (including phenoxy) is 1. The second kappa shape index (κ2) is 8.78. The van der Waals surface area contributed by atoms with E-state index < -0.39 is 23.5 Å². The van der Waals surface area contributed by atoms with Crippen LogP contribution < -0.4 is 4.74 Å². The van der Waals surface area contributed by atoms with Crippen LogP contribution in [0.3, 0.4) is 0 Å². The summed E-state index contributed by atoms with van der Waals surface area (Å²) in [5, 5.41) is 10.1. The molecule has 0 aliphatic heterocycles. The van der Waals surface area contributed by atoms with Gasteiger partial charge >= 0.3 is 12.1 Å². The van der Waals surface area contributed by atoms with E-state index in [1.807, 2.05) is 0 Å². The summed E-state index contributed by atoms with van der Waals surface area (Å²) in [6.45, 7) is -0.230. The summed E-state index contributed by atoms with van der Waals surface area (Å²) in [6.07, 6.45) is -2.97. The van der Waals surface area contributed by atoms with Crippen molar-refractivity contribution in [1.82, 2.24) is 4.57 Å². The Kier molecular flexibility index (Phi) is 6.03. The molecule has 1 aromatic heterocycles. The molecule has 0 saturated carbocycles. The van der Waals surface area contributed by atoms with E-state index >= 15 is 0 Å². The number of hydrogen-bond donors (Lipinski definition) is 1. The minimum atomic E-state index is -4.56. The highest BCUT2D eigenvalue weighted by molar-refractivity contribution is 6.30. The first-order valence-electron chi connectivity index (χ1n) is 9.71. The number of halogens is 5. The van der Waals surface area contributed by atoms with Crippen molar-refractivity contribution in [3.63, 3.8) is 0 Å². The number of carbonyl (C=O) groups is 1. The van der Waals surface area contributed by atoms with Gasteiger partial charge in [-0.2, -0.15) is 13.2 Å². The zero-order valence-electron chi connectivity index (χ0n) is 16.9. The van der Waals surface area contributed by atoms with Crippen molar-refractivity contribution in [1.29, 1.82) is 0 Å². The van der Waals surface area contributed by atoms with E-state index in [9.17, 15) is 27.5 Å². The lowest BCUT2D eigenvalue weighted by Crippen LogP contribution is -2.09. The number of aromatic carboxylic acids is 1. The standard InChI is InChI=1S/C24H16ClF4NO3/c25-17-6-4-14(20(26)11-17)13-33-22-7-5-16(24(27,28)29)10-15(22)12-30-9-8-18-19(23(31)32)2-1-3-21(18)30/h1-11H,12-13H2,(H,31,32). The Morgan fingerprint density at radius 1 is 1.03 bits per heavy atom. The summed E-state index contributed by atoms with van der Waals surface area (Å²) in [4.78, 5) is 11.5. The highest BCUT2D eigenvalue weighted by atomic mass is 35.5. The van der Waals surface area contributed by atoms with Gasteiger partial charge in [-0.25, -0.2) is 9.18 Å². The SMILES string of the molecule is O=C(O)c1cccc2c1ccn2Cc1cc(C(F)(F)F)ccc1OCc1ccc(Cl)cc1F. The molecule has 0 spiro atoms. The lowest BCUT2D eigenvalue weighted by Gasteiger charge is -2.16. The van der Waals surface area contributed by atoms with Crippen molar-refractivity contribution in [2.24, 2.45) is 0 Å². The van der Waals surface area contributed by atoms with E-state index in [0.717, 1.165) is 18.2 Å². The van der Waals surface area contributed by atoms with Gasteiger partial charge in [0.15, 0.2) is 0 Å². The number of benzene rings is 3. The van der Waals surface area contributed by atoms with Crippen molar-refractivity contribution in [2.75, 3.05) is 0 Å². The van der Waals surface area contributed by atoms with Gasteiger partial charge in [-0.15, -0.1) is 0 Å². The molecule has 0 aliphatic rings. The van der Waals surface area contributed by atoms with Crippen LogP contribution in [-0.4, -0.2) is 15.6 Å². The molecule has 4 aromatic rings. The van der Waals surface area contributed by atoms with Crippen LogP contribution in [0.15, 0.2) is 66.9 Å². The quantitative estimate of drug-likeness (QED) is 0.311. The Balaban J connectivity index is 1.70. The number of fused-ring (bicyclic) bond motifs is 1. The first-order chi connectivity index (χ1) is 15.6. The molecule has 0 aliphatic carbocycles. The fraction of sp³-hybridized carbons (Fsp3) is 0.125. The molecule has 1 N–H and O–H groups in total. The zero-order valence-corrected chi connectivity index (χ0v) is 17.6. The molecule has 4 rings (SSSR count). The third kappa shape index (κ3) is 4.80. The van der Waals surface area contributed by atoms with Crippen LogP contribution >= 0.6 is 11.6 Å². The summed E-state index contributed by atoms with van der Waals surface area (Å²) in [5.74, 6) is -1.55. The average molecular weight is 478 g/mol. The maximum absolute atomic E-state index is 14.1. The Hall–Kier alpha value is -3.52. The molecule has 3 aromatic carbocycles. The summed E-state index contributed by atoms with van der Waals surface area (Å²) in [5.41, 5.74) is 0.178. The van der Waals surface area contributed by atoms with Crippen LogP contribution in [0.5, 0.6) is 5.75 Å². The van der Waals surface area contributed by atoms with E-state index in [1.165, 1.54) is 24.3 Å². The lowest BCUT2D eigenvalue weighted by atomic mass is 10.1. The van der Waals surface area contributed by atoms with Crippen LogP contribution in [0.4, 0.5) is 17.6 Å². The molecule has 170 valence electrons. The Labute approximate surface area is 190 Å². The minimum Gasteiger partial charge on any atom is -0.488 e. The highest BCUT2D eigenvalue weighted by Gasteiger charge is 2.31. The molecular formula is C24H16ClF4NO3. The first-order valence-corrected chi connectivity index (χ1v) is 10.1. The second-order valence-corrected chi connectivity index (χ2v) is 7.77. The highest BCUT2D eigenvalue weighted by Crippen LogP contribution is 2.34. The Morgan fingerprint density at radius 2 is 1.82 bits per heavy atom. The van der Waals surface area contributed by atoms with Gasteiger partial charge in [0.05, 0.1) is 17.7 Å². The number of aromatic nitrogens is 1. The Morgan fingerprint density at radius 3 is 2.52 bits per heavy atom. The fourth-order valence-electron chi connectivity index (χ4n) is 3.55. The molecule has 0 bridgehead atoms. The van der Waals surface area contributed by atoms with E-state index in [-0.39, 0.29) is 40.6 Å². The monoisotopic (exact) mass is 477 g/mol. The van der Waals surface area contributed by atoms with Gasteiger partial charge in [0.1, 0.15) is 18.2 Å². The number of nitrogens with zero attached hydrogens (tertiary/aromatic N) is 1. The van der Waals surface area contributed by atoms with E-state index in [2.05, 4.69) is 0 Å². The van der Waals surface area contributed by atoms with Crippen molar-refractivity contribution < 1.29 is 32.2 Å². The minimum absolute atomic E-state index is 0.0189. The summed E-state index contributed by atoms with van der Waals surface area (Å²) in [6, 6.07) is 13.4. The van der Waals surface area contributed by atoms with E-state index in [4.69, 9.17) is 16.3 Å². The van der Waals surface area contributed by atoms with E-state index in [0.29, 0.717) is 10.9 Å². The molecule has 0 atom stereocenters. The molecule has 0 saturated heterocycles. The third-order valence-electron chi connectivity index (χ3n) is 5.17. The topological polar surface area (TPSA) is 51.5 Å². The number of hydrogen-bond acceptors (Lipinski definition) is 2. The van der Waals surface area contributed by atoms with Gasteiger partial charge in [-0.05, 0) is 48.5 Å². The lowest BCUT2D eigenvalue weighted by molar-refractivity contribution is -0.137. The summed E-state index contributed by atoms with van der Waals surface area (Å²) in [7, 11) is 0. The predicted molar refractivity (Wildman–Crippen MR) is 115 cm³/mol. The van der Waals surface area contributed by atoms with Crippen molar-refractivity contribution in [3.05, 3.63) is 100.0 Å². The molecule has 1 heterocycles. The molecular weight excluding hydrogens is 462 g/mol. The second-order valence-electron chi connectivity index (χ2n) is 7.33. The first kappa shape index (κ1) is 22.7. The maximum Gasteiger partial charge on any atom is 0.416 e. The van der Waals surface area contributed by atoms with Gasteiger partial charge in [0.2, 0.25) is 0 Å². The van der Waals surface area contributed by atoms with Gasteiger partial charge in [0, 0.05) is 33.2 Å². The summed E-state index contributed by atoms with van der Waals surface area (Å²) < 4.78 is 61.4. The smallest absolute Gasteiger partial charge is 0.416 e. The van der Waals surface area contributed by atoms with Gasteiger partial charge in [0.25, 0.3) is 0 Å². The molecule has 0 unspecified atom stereocenters. The predicted octanol–water partition coefficient (Wildman–Crippen LogP) is 6.78. The van der Waals surface area contributed by atoms with Gasteiger partial charge in [-0.1, -0.05) is 23.7 Å². The van der Waals surface area contributed by atoms with Crippen LogP contribution in [0, 0.1) is 5.82 Å². The third-order valence-corrected chi connectivity index (χ3v) is 5.41. The average Bonchev–Trinajstić information content (AvgIpc) is 3.16. The fourth-order valence-corrected chi connectivity index (χ4v) is 3.70. The number of carboxylic acid groups (broad SMARTS) is 1. The maximum atomic E-state index is 14.1. The largest absolute Gasteiger partial charge is 0.488 e. The van der Waals surface area contributed by atoms with Crippen LogP contribution in [0.2, 0.25) is 5.02 Å². The normalized spacial score (nSPS) is 11.7. The zero-order chi connectivity index (χ0) is 23.8. The van der Waals surface area contributed by atoms with Gasteiger partial charge < -0.3 is 14.4 Å². The molecule has 4 nitrogen and oxygen atoms in total. The molecule has 0 radical (unpaired) electrons. The molecule has 0 amide bonds.